The molecule has 3 heteroatoms. The van der Waals surface area contributed by atoms with Gasteiger partial charge in [0.2, 0.25) is 0 Å². The molecule has 1 unspecified atom stereocenters. The minimum absolute atomic E-state index is 0.0911. The molecule has 0 aliphatic heterocycles. The normalized spacial score (nSPS) is 13.0. The fourth-order valence-electron chi connectivity index (χ4n) is 1.63. The Kier molecular flexibility index (Phi) is 5.81. The molecule has 0 heterocycles. The predicted octanol–water partition coefficient (Wildman–Crippen LogP) is 3.73. The molecule has 0 spiro atoms. The first-order valence-electron chi connectivity index (χ1n) is 7.05. The van der Waals surface area contributed by atoms with Gasteiger partial charge in [-0.3, -0.25) is 0 Å². The van der Waals surface area contributed by atoms with Crippen LogP contribution in [0.15, 0.2) is 24.3 Å². The first-order chi connectivity index (χ1) is 9.73. The van der Waals surface area contributed by atoms with Crippen LogP contribution >= 0.6 is 0 Å². The molecule has 0 aromatic heterocycles. The van der Waals surface area contributed by atoms with E-state index in [0.29, 0.717) is 0 Å². The fraction of sp³-hybridized carbons (Fsp3) is 0.444. The van der Waals surface area contributed by atoms with Gasteiger partial charge < -0.3 is 9.53 Å². The predicted molar refractivity (Wildman–Crippen MR) is 90.3 cm³/mol. The molecule has 0 aliphatic rings. The van der Waals surface area contributed by atoms with E-state index in [1.165, 1.54) is 0 Å². The summed E-state index contributed by atoms with van der Waals surface area (Å²) >= 11 is 0. The Morgan fingerprint density at radius 2 is 1.90 bits per heavy atom. The molecule has 0 radical (unpaired) electrons. The van der Waals surface area contributed by atoms with Gasteiger partial charge in [0.15, 0.2) is 8.32 Å². The zero-order valence-electron chi connectivity index (χ0n) is 13.5. The standard InChI is InChI=1S/C18H24O2Si/c1-7-17(20-21(5,6)18(2,3)4)16-13-9-8-11-15(16)12-10-14-19/h1,8-9,11,13,17,19H,14H2,2-6H3. The summed E-state index contributed by atoms with van der Waals surface area (Å²) in [4.78, 5) is 0. The molecule has 0 amide bonds. The van der Waals surface area contributed by atoms with Crippen LogP contribution in [0.1, 0.15) is 38.0 Å². The quantitative estimate of drug-likeness (QED) is 0.681. The van der Waals surface area contributed by atoms with Crippen LogP contribution in [0.25, 0.3) is 0 Å². The molecule has 1 aromatic rings. The molecule has 0 saturated carbocycles. The second kappa shape index (κ2) is 6.96. The van der Waals surface area contributed by atoms with Crippen LogP contribution < -0.4 is 0 Å². The van der Waals surface area contributed by atoms with E-state index in [-0.39, 0.29) is 11.6 Å². The molecule has 21 heavy (non-hydrogen) atoms. The number of terminal acetylenes is 1. The van der Waals surface area contributed by atoms with E-state index in [2.05, 4.69) is 51.6 Å². The highest BCUT2D eigenvalue weighted by molar-refractivity contribution is 6.74. The summed E-state index contributed by atoms with van der Waals surface area (Å²) in [6.45, 7) is 10.7. The van der Waals surface area contributed by atoms with Crippen molar-refractivity contribution in [1.29, 1.82) is 0 Å². The summed E-state index contributed by atoms with van der Waals surface area (Å²) in [5.41, 5.74) is 1.71. The van der Waals surface area contributed by atoms with Crippen LogP contribution in [0.5, 0.6) is 0 Å². The molecule has 0 fully saturated rings. The summed E-state index contributed by atoms with van der Waals surface area (Å²) in [6.07, 6.45) is 5.30. The minimum Gasteiger partial charge on any atom is -0.399 e. The van der Waals surface area contributed by atoms with Crippen LogP contribution in [0, 0.1) is 24.2 Å². The minimum atomic E-state index is -1.97. The lowest BCUT2D eigenvalue weighted by Gasteiger charge is -2.38. The Hall–Kier alpha value is -1.52. The van der Waals surface area contributed by atoms with Gasteiger partial charge in [-0.1, -0.05) is 56.7 Å². The maximum atomic E-state index is 8.87. The Morgan fingerprint density at radius 1 is 1.29 bits per heavy atom. The van der Waals surface area contributed by atoms with Crippen molar-refractivity contribution in [2.75, 3.05) is 6.61 Å². The summed E-state index contributed by atoms with van der Waals surface area (Å²) in [7, 11) is -1.97. The van der Waals surface area contributed by atoms with Gasteiger partial charge in [0.1, 0.15) is 12.7 Å². The second-order valence-corrected chi connectivity index (χ2v) is 11.2. The zero-order chi connectivity index (χ0) is 16.1. The zero-order valence-corrected chi connectivity index (χ0v) is 14.5. The van der Waals surface area contributed by atoms with Crippen molar-refractivity contribution in [3.8, 4) is 24.2 Å². The van der Waals surface area contributed by atoms with Crippen molar-refractivity contribution in [2.24, 2.45) is 0 Å². The van der Waals surface area contributed by atoms with Crippen molar-refractivity contribution < 1.29 is 9.53 Å². The van der Waals surface area contributed by atoms with Crippen molar-refractivity contribution in [2.45, 2.75) is 45.0 Å². The number of rotatable bonds is 3. The molecule has 1 atom stereocenters. The van der Waals surface area contributed by atoms with Crippen molar-refractivity contribution >= 4 is 8.32 Å². The first-order valence-corrected chi connectivity index (χ1v) is 9.96. The molecule has 1 aromatic carbocycles. The molecule has 0 bridgehead atoms. The molecule has 112 valence electrons. The number of aliphatic hydroxyl groups excluding tert-OH is 1. The van der Waals surface area contributed by atoms with Crippen LogP contribution in [0.2, 0.25) is 18.1 Å². The maximum absolute atomic E-state index is 8.87. The lowest BCUT2D eigenvalue weighted by molar-refractivity contribution is 0.238. The Balaban J connectivity index is 3.16. The second-order valence-electron chi connectivity index (χ2n) is 6.47. The average molecular weight is 300 g/mol. The summed E-state index contributed by atoms with van der Waals surface area (Å²) in [5, 5.41) is 8.96. The topological polar surface area (TPSA) is 29.5 Å². The highest BCUT2D eigenvalue weighted by Gasteiger charge is 2.39. The highest BCUT2D eigenvalue weighted by atomic mass is 28.4. The van der Waals surface area contributed by atoms with E-state index in [1.807, 2.05) is 24.3 Å². The first kappa shape index (κ1) is 17.5. The maximum Gasteiger partial charge on any atom is 0.194 e. The van der Waals surface area contributed by atoms with Crippen LogP contribution in [0.3, 0.4) is 0 Å². The third-order valence-corrected chi connectivity index (χ3v) is 8.35. The number of hydrogen-bond donors (Lipinski definition) is 1. The lowest BCUT2D eigenvalue weighted by atomic mass is 10.0. The molecular weight excluding hydrogens is 276 g/mol. The van der Waals surface area contributed by atoms with Crippen molar-refractivity contribution in [3.05, 3.63) is 35.4 Å². The SMILES string of the molecule is C#CC(O[Si](C)(C)C(C)(C)C)c1ccccc1C#CCO. The van der Waals surface area contributed by atoms with Crippen LogP contribution in [0.4, 0.5) is 0 Å². The third kappa shape index (κ3) is 4.48. The van der Waals surface area contributed by atoms with E-state index >= 15 is 0 Å². The lowest BCUT2D eigenvalue weighted by Crippen LogP contribution is -2.41. The largest absolute Gasteiger partial charge is 0.399 e. The fourth-order valence-corrected chi connectivity index (χ4v) is 2.77. The van der Waals surface area contributed by atoms with Crippen molar-refractivity contribution in [3.63, 3.8) is 0 Å². The molecule has 2 nitrogen and oxygen atoms in total. The molecule has 1 rings (SSSR count). The van der Waals surface area contributed by atoms with E-state index in [0.717, 1.165) is 11.1 Å². The summed E-state index contributed by atoms with van der Waals surface area (Å²) < 4.78 is 6.33. The monoisotopic (exact) mass is 300 g/mol. The highest BCUT2D eigenvalue weighted by Crippen LogP contribution is 2.39. The van der Waals surface area contributed by atoms with Gasteiger partial charge in [0.25, 0.3) is 0 Å². The van der Waals surface area contributed by atoms with E-state index < -0.39 is 14.4 Å². The molecular formula is C18H24O2Si. The van der Waals surface area contributed by atoms with E-state index in [4.69, 9.17) is 16.0 Å². The van der Waals surface area contributed by atoms with Gasteiger partial charge in [0.05, 0.1) is 0 Å². The Labute approximate surface area is 129 Å². The Bertz CT molecular complexity index is 580. The van der Waals surface area contributed by atoms with Gasteiger partial charge in [0, 0.05) is 11.1 Å². The Morgan fingerprint density at radius 3 is 2.43 bits per heavy atom. The van der Waals surface area contributed by atoms with Gasteiger partial charge in [-0.15, -0.1) is 6.42 Å². The number of benzene rings is 1. The summed E-state index contributed by atoms with van der Waals surface area (Å²) in [6, 6.07) is 7.68. The number of aliphatic hydroxyl groups is 1. The van der Waals surface area contributed by atoms with Gasteiger partial charge >= 0.3 is 0 Å². The third-order valence-electron chi connectivity index (χ3n) is 3.92. The van der Waals surface area contributed by atoms with Crippen LogP contribution in [-0.2, 0) is 4.43 Å². The summed E-state index contributed by atoms with van der Waals surface area (Å²) in [5.74, 6) is 8.36. The number of hydrogen-bond acceptors (Lipinski definition) is 2. The smallest absolute Gasteiger partial charge is 0.194 e. The average Bonchev–Trinajstić information content (AvgIpc) is 2.41. The molecule has 1 N–H and O–H groups in total. The van der Waals surface area contributed by atoms with Crippen molar-refractivity contribution in [1.82, 2.24) is 0 Å². The van der Waals surface area contributed by atoms with E-state index in [1.54, 1.807) is 0 Å². The van der Waals surface area contributed by atoms with Gasteiger partial charge in [-0.2, -0.15) is 0 Å². The van der Waals surface area contributed by atoms with Gasteiger partial charge in [-0.25, -0.2) is 0 Å². The molecule has 0 aliphatic carbocycles. The van der Waals surface area contributed by atoms with Gasteiger partial charge in [-0.05, 0) is 24.2 Å². The van der Waals surface area contributed by atoms with E-state index in [9.17, 15) is 0 Å². The molecule has 0 saturated heterocycles. The van der Waals surface area contributed by atoms with Crippen LogP contribution in [-0.4, -0.2) is 20.0 Å².